The highest BCUT2D eigenvalue weighted by molar-refractivity contribution is 5.29. The van der Waals surface area contributed by atoms with Crippen LogP contribution in [0.25, 0.3) is 0 Å². The fourth-order valence-electron chi connectivity index (χ4n) is 2.90. The minimum Gasteiger partial charge on any atom is -0.494 e. The Labute approximate surface area is 115 Å². The van der Waals surface area contributed by atoms with Gasteiger partial charge < -0.3 is 10.1 Å². The van der Waals surface area contributed by atoms with E-state index in [4.69, 9.17) is 4.74 Å². The molecular formula is C16H24FNO. The number of benzene rings is 1. The summed E-state index contributed by atoms with van der Waals surface area (Å²) in [5, 5.41) is 3.53. The molecule has 0 amide bonds. The highest BCUT2D eigenvalue weighted by atomic mass is 19.1. The van der Waals surface area contributed by atoms with Gasteiger partial charge in [0.05, 0.1) is 7.11 Å². The van der Waals surface area contributed by atoms with Crippen LogP contribution in [0, 0.1) is 11.7 Å². The molecular weight excluding hydrogens is 241 g/mol. The van der Waals surface area contributed by atoms with Gasteiger partial charge in [-0.3, -0.25) is 0 Å². The minimum atomic E-state index is -0.285. The third kappa shape index (κ3) is 3.93. The fraction of sp³-hybridized carbons (Fsp3) is 0.625. The first-order chi connectivity index (χ1) is 9.20. The molecule has 0 unspecified atom stereocenters. The molecule has 0 heterocycles. The van der Waals surface area contributed by atoms with E-state index in [-0.39, 0.29) is 5.82 Å². The highest BCUT2D eigenvalue weighted by Crippen LogP contribution is 2.26. The Kier molecular flexibility index (Phi) is 5.20. The zero-order chi connectivity index (χ0) is 13.7. The van der Waals surface area contributed by atoms with Crippen LogP contribution in [0.2, 0.25) is 0 Å². The molecule has 1 aliphatic rings. The molecule has 1 aromatic rings. The monoisotopic (exact) mass is 265 g/mol. The van der Waals surface area contributed by atoms with Crippen molar-refractivity contribution in [2.75, 3.05) is 7.11 Å². The van der Waals surface area contributed by atoms with E-state index in [9.17, 15) is 4.39 Å². The second-order valence-corrected chi connectivity index (χ2v) is 5.54. The topological polar surface area (TPSA) is 21.3 Å². The van der Waals surface area contributed by atoms with Crippen LogP contribution in [-0.4, -0.2) is 13.2 Å². The molecule has 1 atom stereocenters. The van der Waals surface area contributed by atoms with Gasteiger partial charge in [-0.05, 0) is 43.4 Å². The van der Waals surface area contributed by atoms with Gasteiger partial charge in [0.15, 0.2) is 11.6 Å². The van der Waals surface area contributed by atoms with E-state index < -0.39 is 0 Å². The molecule has 2 rings (SSSR count). The van der Waals surface area contributed by atoms with Crippen LogP contribution in [0.3, 0.4) is 0 Å². The van der Waals surface area contributed by atoms with Crippen molar-refractivity contribution < 1.29 is 9.13 Å². The van der Waals surface area contributed by atoms with E-state index in [1.54, 1.807) is 12.1 Å². The summed E-state index contributed by atoms with van der Waals surface area (Å²) in [7, 11) is 1.49. The van der Waals surface area contributed by atoms with Crippen molar-refractivity contribution in [1.29, 1.82) is 0 Å². The van der Waals surface area contributed by atoms with E-state index >= 15 is 0 Å². The molecule has 3 heteroatoms. The number of methoxy groups -OCH3 is 1. The first-order valence-corrected chi connectivity index (χ1v) is 7.26. The molecule has 1 saturated carbocycles. The van der Waals surface area contributed by atoms with Crippen LogP contribution in [0.4, 0.5) is 4.39 Å². The number of hydrogen-bond acceptors (Lipinski definition) is 2. The van der Waals surface area contributed by atoms with E-state index in [2.05, 4.69) is 12.2 Å². The van der Waals surface area contributed by atoms with E-state index in [1.807, 2.05) is 6.07 Å². The van der Waals surface area contributed by atoms with Gasteiger partial charge >= 0.3 is 0 Å². The van der Waals surface area contributed by atoms with Crippen LogP contribution in [0.15, 0.2) is 18.2 Å². The Morgan fingerprint density at radius 1 is 1.32 bits per heavy atom. The van der Waals surface area contributed by atoms with Gasteiger partial charge in [-0.1, -0.05) is 25.3 Å². The average Bonchev–Trinajstić information content (AvgIpc) is 2.46. The van der Waals surface area contributed by atoms with Crippen molar-refractivity contribution in [3.63, 3.8) is 0 Å². The molecule has 0 radical (unpaired) electrons. The summed E-state index contributed by atoms with van der Waals surface area (Å²) < 4.78 is 18.5. The molecule has 2 nitrogen and oxygen atoms in total. The molecule has 0 aromatic heterocycles. The molecule has 0 aliphatic heterocycles. The second kappa shape index (κ2) is 6.90. The van der Waals surface area contributed by atoms with Crippen LogP contribution in [0.1, 0.15) is 44.6 Å². The Bertz CT molecular complexity index is 402. The van der Waals surface area contributed by atoms with Gasteiger partial charge in [-0.2, -0.15) is 0 Å². The predicted molar refractivity (Wildman–Crippen MR) is 75.8 cm³/mol. The van der Waals surface area contributed by atoms with Crippen molar-refractivity contribution in [1.82, 2.24) is 5.32 Å². The van der Waals surface area contributed by atoms with Crippen molar-refractivity contribution in [3.05, 3.63) is 29.6 Å². The molecule has 1 aromatic carbocycles. The number of hydrogen-bond donors (Lipinski definition) is 1. The summed E-state index contributed by atoms with van der Waals surface area (Å²) in [6.07, 6.45) is 6.74. The van der Waals surface area contributed by atoms with Crippen LogP contribution >= 0.6 is 0 Å². The van der Waals surface area contributed by atoms with Crippen LogP contribution in [0.5, 0.6) is 5.75 Å². The number of ether oxygens (including phenoxy) is 1. The van der Waals surface area contributed by atoms with Gasteiger partial charge in [0.25, 0.3) is 0 Å². The lowest BCUT2D eigenvalue weighted by molar-refractivity contribution is 0.280. The molecule has 0 bridgehead atoms. The van der Waals surface area contributed by atoms with Crippen molar-refractivity contribution in [3.8, 4) is 5.75 Å². The average molecular weight is 265 g/mol. The molecule has 1 aliphatic carbocycles. The first-order valence-electron chi connectivity index (χ1n) is 7.26. The zero-order valence-corrected chi connectivity index (χ0v) is 11.9. The highest BCUT2D eigenvalue weighted by Gasteiger charge is 2.19. The van der Waals surface area contributed by atoms with Gasteiger partial charge in [-0.15, -0.1) is 0 Å². The van der Waals surface area contributed by atoms with Crippen LogP contribution in [-0.2, 0) is 6.54 Å². The van der Waals surface area contributed by atoms with Crippen molar-refractivity contribution in [2.24, 2.45) is 5.92 Å². The largest absolute Gasteiger partial charge is 0.494 e. The number of halogens is 1. The van der Waals surface area contributed by atoms with E-state index in [0.29, 0.717) is 11.8 Å². The third-order valence-electron chi connectivity index (χ3n) is 4.20. The quantitative estimate of drug-likeness (QED) is 0.872. The molecule has 1 fully saturated rings. The van der Waals surface area contributed by atoms with Crippen molar-refractivity contribution in [2.45, 2.75) is 51.6 Å². The lowest BCUT2D eigenvalue weighted by Crippen LogP contribution is -2.34. The summed E-state index contributed by atoms with van der Waals surface area (Å²) in [6, 6.07) is 5.67. The molecule has 1 N–H and O–H groups in total. The van der Waals surface area contributed by atoms with Crippen LogP contribution < -0.4 is 10.1 Å². The first kappa shape index (κ1) is 14.3. The van der Waals surface area contributed by atoms with Gasteiger partial charge in [0, 0.05) is 12.6 Å². The maximum atomic E-state index is 13.6. The van der Waals surface area contributed by atoms with Gasteiger partial charge in [0.1, 0.15) is 0 Å². The third-order valence-corrected chi connectivity index (χ3v) is 4.20. The van der Waals surface area contributed by atoms with Gasteiger partial charge in [-0.25, -0.2) is 4.39 Å². The maximum Gasteiger partial charge on any atom is 0.165 e. The lowest BCUT2D eigenvalue weighted by Gasteiger charge is -2.28. The molecule has 0 spiro atoms. The second-order valence-electron chi connectivity index (χ2n) is 5.54. The van der Waals surface area contributed by atoms with E-state index in [0.717, 1.165) is 18.0 Å². The summed E-state index contributed by atoms with van der Waals surface area (Å²) in [4.78, 5) is 0. The lowest BCUT2D eigenvalue weighted by atomic mass is 9.84. The molecule has 0 saturated heterocycles. The molecule has 106 valence electrons. The minimum absolute atomic E-state index is 0.285. The Hall–Kier alpha value is -1.09. The normalized spacial score (nSPS) is 18.3. The number of rotatable bonds is 5. The SMILES string of the molecule is COc1ccc(CN[C@@H](C)C2CCCCC2)cc1F. The maximum absolute atomic E-state index is 13.6. The summed E-state index contributed by atoms with van der Waals surface area (Å²) in [6.45, 7) is 2.97. The summed E-state index contributed by atoms with van der Waals surface area (Å²) in [5.74, 6) is 0.799. The summed E-state index contributed by atoms with van der Waals surface area (Å²) >= 11 is 0. The smallest absolute Gasteiger partial charge is 0.165 e. The zero-order valence-electron chi connectivity index (χ0n) is 11.9. The Morgan fingerprint density at radius 2 is 2.05 bits per heavy atom. The standard InChI is InChI=1S/C16H24FNO/c1-12(14-6-4-3-5-7-14)18-11-13-8-9-16(19-2)15(17)10-13/h8-10,12,14,18H,3-7,11H2,1-2H3/t12-/m0/s1. The van der Waals surface area contributed by atoms with E-state index in [1.165, 1.54) is 39.2 Å². The summed E-state index contributed by atoms with van der Waals surface area (Å²) in [5.41, 5.74) is 0.973. The van der Waals surface area contributed by atoms with Gasteiger partial charge in [0.2, 0.25) is 0 Å². The number of nitrogens with one attached hydrogen (secondary N) is 1. The molecule has 19 heavy (non-hydrogen) atoms. The predicted octanol–water partition coefficient (Wildman–Crippen LogP) is 3.89. The fourth-order valence-corrected chi connectivity index (χ4v) is 2.90. The Balaban J connectivity index is 1.85. The Morgan fingerprint density at radius 3 is 2.68 bits per heavy atom. The van der Waals surface area contributed by atoms with Crippen molar-refractivity contribution >= 4 is 0 Å².